The van der Waals surface area contributed by atoms with Crippen molar-refractivity contribution in [1.82, 2.24) is 0 Å². The number of hydrogen-bond acceptors (Lipinski definition) is 1. The summed E-state index contributed by atoms with van der Waals surface area (Å²) in [6.07, 6.45) is 3.53. The summed E-state index contributed by atoms with van der Waals surface area (Å²) in [5.74, 6) is 2.44. The highest BCUT2D eigenvalue weighted by Crippen LogP contribution is 2.41. The average Bonchev–Trinajstić information content (AvgIpc) is 2.41. The van der Waals surface area contributed by atoms with E-state index in [1.807, 2.05) is 0 Å². The minimum Gasteiger partial charge on any atom is -0.465 e. The molecular formula is C15H24O. The van der Waals surface area contributed by atoms with E-state index in [1.54, 1.807) is 0 Å². The fourth-order valence-electron chi connectivity index (χ4n) is 2.78. The van der Waals surface area contributed by atoms with Crippen LogP contribution < -0.4 is 0 Å². The molecule has 2 rings (SSSR count). The standard InChI is InChI=1S/C15H24O/c1-10-11-9-15(5,6)8-7-12(11)16-13(10)14(2,3)4/h7-9H2,1-6H3. The van der Waals surface area contributed by atoms with Gasteiger partial charge in [0.25, 0.3) is 0 Å². The minimum atomic E-state index is 0.131. The molecule has 0 saturated carbocycles. The fraction of sp³-hybridized carbons (Fsp3) is 0.733. The molecule has 0 spiro atoms. The van der Waals surface area contributed by atoms with E-state index in [2.05, 4.69) is 41.5 Å². The second-order valence-corrected chi connectivity index (χ2v) is 7.05. The molecular weight excluding hydrogens is 196 g/mol. The fourth-order valence-corrected chi connectivity index (χ4v) is 2.78. The smallest absolute Gasteiger partial charge is 0.112 e. The van der Waals surface area contributed by atoms with Crippen molar-refractivity contribution in [2.24, 2.45) is 5.41 Å². The Labute approximate surface area is 99.2 Å². The second-order valence-electron chi connectivity index (χ2n) is 7.05. The van der Waals surface area contributed by atoms with Crippen molar-refractivity contribution in [2.75, 3.05) is 0 Å². The van der Waals surface area contributed by atoms with Gasteiger partial charge in [0.2, 0.25) is 0 Å². The Bertz CT molecular complexity index is 402. The highest BCUT2D eigenvalue weighted by Gasteiger charge is 2.32. The van der Waals surface area contributed by atoms with Crippen LogP contribution in [-0.2, 0) is 18.3 Å². The Morgan fingerprint density at radius 1 is 1.19 bits per heavy atom. The lowest BCUT2D eigenvalue weighted by molar-refractivity contribution is 0.287. The van der Waals surface area contributed by atoms with Crippen LogP contribution in [0.25, 0.3) is 0 Å². The number of fused-ring (bicyclic) bond motifs is 1. The number of aryl methyl sites for hydroxylation is 1. The molecule has 1 aromatic rings. The maximum atomic E-state index is 6.09. The van der Waals surface area contributed by atoms with Crippen LogP contribution in [0.4, 0.5) is 0 Å². The van der Waals surface area contributed by atoms with Crippen LogP contribution in [0.15, 0.2) is 4.42 Å². The van der Waals surface area contributed by atoms with Crippen LogP contribution in [-0.4, -0.2) is 0 Å². The second kappa shape index (κ2) is 3.38. The van der Waals surface area contributed by atoms with Crippen LogP contribution >= 0.6 is 0 Å². The van der Waals surface area contributed by atoms with E-state index in [9.17, 15) is 0 Å². The van der Waals surface area contributed by atoms with Gasteiger partial charge in [-0.25, -0.2) is 0 Å². The molecule has 0 radical (unpaired) electrons. The average molecular weight is 220 g/mol. The summed E-state index contributed by atoms with van der Waals surface area (Å²) in [4.78, 5) is 0. The zero-order valence-electron chi connectivity index (χ0n) is 11.5. The van der Waals surface area contributed by atoms with E-state index in [4.69, 9.17) is 4.42 Å². The van der Waals surface area contributed by atoms with Crippen LogP contribution in [0.2, 0.25) is 0 Å². The minimum absolute atomic E-state index is 0.131. The molecule has 1 aliphatic carbocycles. The van der Waals surface area contributed by atoms with Gasteiger partial charge in [0.05, 0.1) is 0 Å². The zero-order valence-corrected chi connectivity index (χ0v) is 11.5. The summed E-state index contributed by atoms with van der Waals surface area (Å²) in [7, 11) is 0. The first-order valence-corrected chi connectivity index (χ1v) is 6.32. The third-order valence-corrected chi connectivity index (χ3v) is 3.72. The third-order valence-electron chi connectivity index (χ3n) is 3.72. The molecule has 0 fully saturated rings. The lowest BCUT2D eigenvalue weighted by Crippen LogP contribution is -2.21. The molecule has 1 aromatic heterocycles. The van der Waals surface area contributed by atoms with Crippen LogP contribution in [0.3, 0.4) is 0 Å². The Kier molecular flexibility index (Phi) is 2.49. The molecule has 1 heteroatoms. The number of rotatable bonds is 0. The monoisotopic (exact) mass is 220 g/mol. The molecule has 1 heterocycles. The van der Waals surface area contributed by atoms with E-state index in [1.165, 1.54) is 35.5 Å². The van der Waals surface area contributed by atoms with E-state index < -0.39 is 0 Å². The van der Waals surface area contributed by atoms with Gasteiger partial charge >= 0.3 is 0 Å². The van der Waals surface area contributed by atoms with Gasteiger partial charge in [0.15, 0.2) is 0 Å². The number of furan rings is 1. The molecule has 0 aromatic carbocycles. The lowest BCUT2D eigenvalue weighted by Gasteiger charge is -2.28. The van der Waals surface area contributed by atoms with Gasteiger partial charge in [-0.1, -0.05) is 34.6 Å². The third kappa shape index (κ3) is 1.92. The van der Waals surface area contributed by atoms with Gasteiger partial charge in [-0.05, 0) is 36.3 Å². The van der Waals surface area contributed by atoms with Gasteiger partial charge < -0.3 is 4.42 Å². The van der Waals surface area contributed by atoms with Crippen LogP contribution in [0, 0.1) is 12.3 Å². The topological polar surface area (TPSA) is 13.1 Å². The van der Waals surface area contributed by atoms with Crippen molar-refractivity contribution >= 4 is 0 Å². The quantitative estimate of drug-likeness (QED) is 0.631. The van der Waals surface area contributed by atoms with Crippen molar-refractivity contribution in [3.8, 4) is 0 Å². The molecule has 0 unspecified atom stereocenters. The zero-order chi connectivity index (χ0) is 12.1. The largest absolute Gasteiger partial charge is 0.465 e. The predicted octanol–water partition coefficient (Wildman–Crippen LogP) is 4.40. The Morgan fingerprint density at radius 3 is 2.38 bits per heavy atom. The molecule has 0 aliphatic heterocycles. The van der Waals surface area contributed by atoms with Gasteiger partial charge in [0.1, 0.15) is 11.5 Å². The lowest BCUT2D eigenvalue weighted by atomic mass is 9.75. The number of hydrogen-bond donors (Lipinski definition) is 0. The van der Waals surface area contributed by atoms with E-state index >= 15 is 0 Å². The van der Waals surface area contributed by atoms with Crippen LogP contribution in [0.5, 0.6) is 0 Å². The van der Waals surface area contributed by atoms with E-state index in [-0.39, 0.29) is 5.41 Å². The van der Waals surface area contributed by atoms with Gasteiger partial charge in [0, 0.05) is 11.8 Å². The highest BCUT2D eigenvalue weighted by molar-refractivity contribution is 5.38. The summed E-state index contributed by atoms with van der Waals surface area (Å²) in [6.45, 7) is 13.6. The summed E-state index contributed by atoms with van der Waals surface area (Å²) in [5.41, 5.74) is 3.46. The van der Waals surface area contributed by atoms with E-state index in [0.717, 1.165) is 6.42 Å². The SMILES string of the molecule is Cc1c(C(C)(C)C)oc2c1CC(C)(C)CC2. The predicted molar refractivity (Wildman–Crippen MR) is 68.0 cm³/mol. The van der Waals surface area contributed by atoms with Gasteiger partial charge in [-0.2, -0.15) is 0 Å². The molecule has 90 valence electrons. The van der Waals surface area contributed by atoms with Gasteiger partial charge in [-0.15, -0.1) is 0 Å². The Hall–Kier alpha value is -0.720. The molecule has 1 aliphatic rings. The summed E-state index contributed by atoms with van der Waals surface area (Å²) < 4.78 is 6.09. The molecule has 16 heavy (non-hydrogen) atoms. The van der Waals surface area contributed by atoms with Crippen LogP contribution in [0.1, 0.15) is 63.7 Å². The molecule has 0 bridgehead atoms. The first-order valence-electron chi connectivity index (χ1n) is 6.32. The summed E-state index contributed by atoms with van der Waals surface area (Å²) >= 11 is 0. The van der Waals surface area contributed by atoms with E-state index in [0.29, 0.717) is 5.41 Å². The van der Waals surface area contributed by atoms with Crippen molar-refractivity contribution in [2.45, 2.75) is 66.2 Å². The van der Waals surface area contributed by atoms with Crippen molar-refractivity contribution in [1.29, 1.82) is 0 Å². The van der Waals surface area contributed by atoms with Gasteiger partial charge in [-0.3, -0.25) is 0 Å². The molecule has 0 N–H and O–H groups in total. The normalized spacial score (nSPS) is 19.6. The maximum Gasteiger partial charge on any atom is 0.112 e. The molecule has 0 saturated heterocycles. The van der Waals surface area contributed by atoms with Crippen molar-refractivity contribution < 1.29 is 4.42 Å². The van der Waals surface area contributed by atoms with Crippen molar-refractivity contribution in [3.63, 3.8) is 0 Å². The molecule has 0 atom stereocenters. The molecule has 1 nitrogen and oxygen atoms in total. The summed E-state index contributed by atoms with van der Waals surface area (Å²) in [6, 6.07) is 0. The highest BCUT2D eigenvalue weighted by atomic mass is 16.3. The molecule has 0 amide bonds. The maximum absolute atomic E-state index is 6.09. The first kappa shape index (κ1) is 11.8. The first-order chi connectivity index (χ1) is 7.21. The Balaban J connectivity index is 2.47. The summed E-state index contributed by atoms with van der Waals surface area (Å²) in [5, 5.41) is 0. The van der Waals surface area contributed by atoms with Crippen molar-refractivity contribution in [3.05, 3.63) is 22.6 Å². The Morgan fingerprint density at radius 2 is 1.81 bits per heavy atom.